The topological polar surface area (TPSA) is 47.3 Å². The van der Waals surface area contributed by atoms with Crippen molar-refractivity contribution in [2.75, 3.05) is 25.1 Å². The Kier molecular flexibility index (Phi) is 3.92. The molecule has 20 heavy (non-hydrogen) atoms. The molecular weight excluding hydrogens is 252 g/mol. The van der Waals surface area contributed by atoms with E-state index in [9.17, 15) is 0 Å². The first-order chi connectivity index (χ1) is 9.72. The molecule has 4 nitrogen and oxygen atoms in total. The van der Waals surface area contributed by atoms with Gasteiger partial charge in [0.2, 0.25) is 0 Å². The summed E-state index contributed by atoms with van der Waals surface area (Å²) in [6.45, 7) is 6.93. The minimum atomic E-state index is 0.318. The van der Waals surface area contributed by atoms with Gasteiger partial charge in [0.1, 0.15) is 5.52 Å². The summed E-state index contributed by atoms with van der Waals surface area (Å²) in [5.41, 5.74) is 2.89. The largest absolute Gasteiger partial charge is 0.440 e. The highest BCUT2D eigenvalue weighted by molar-refractivity contribution is 5.77. The van der Waals surface area contributed by atoms with E-state index in [4.69, 9.17) is 9.15 Å². The molecule has 1 aliphatic rings. The van der Waals surface area contributed by atoms with E-state index in [0.29, 0.717) is 11.8 Å². The quantitative estimate of drug-likeness (QED) is 0.921. The standard InChI is InChI=1S/C16H22N2O2/c1-11(2)16-18-14-8-13(5-6-15(14)20-16)17-9-12-4-3-7-19-10-12/h5-6,8,11-12,17H,3-4,7,9-10H2,1-2H3. The Hall–Kier alpha value is -1.55. The summed E-state index contributed by atoms with van der Waals surface area (Å²) in [5.74, 6) is 1.74. The average Bonchev–Trinajstić information content (AvgIpc) is 2.89. The van der Waals surface area contributed by atoms with Crippen LogP contribution in [0.5, 0.6) is 0 Å². The maximum absolute atomic E-state index is 5.72. The highest BCUT2D eigenvalue weighted by Gasteiger charge is 2.14. The molecule has 2 aromatic rings. The van der Waals surface area contributed by atoms with Crippen molar-refractivity contribution >= 4 is 16.8 Å². The number of hydrogen-bond donors (Lipinski definition) is 1. The molecule has 0 amide bonds. The van der Waals surface area contributed by atoms with E-state index in [2.05, 4.69) is 36.3 Å². The SMILES string of the molecule is CC(C)c1nc2cc(NCC3CCCOC3)ccc2o1. The van der Waals surface area contributed by atoms with Crippen LogP contribution in [0.1, 0.15) is 38.5 Å². The zero-order valence-electron chi connectivity index (χ0n) is 12.2. The summed E-state index contributed by atoms with van der Waals surface area (Å²) in [4.78, 5) is 4.54. The monoisotopic (exact) mass is 274 g/mol. The van der Waals surface area contributed by atoms with Crippen LogP contribution in [-0.2, 0) is 4.74 Å². The van der Waals surface area contributed by atoms with Gasteiger partial charge in [-0.3, -0.25) is 0 Å². The Bertz CT molecular complexity index is 571. The van der Waals surface area contributed by atoms with Crippen LogP contribution in [0.25, 0.3) is 11.1 Å². The third-order valence-corrected chi connectivity index (χ3v) is 3.75. The molecule has 3 rings (SSSR count). The summed E-state index contributed by atoms with van der Waals surface area (Å²) in [5, 5.41) is 3.48. The van der Waals surface area contributed by atoms with Crippen molar-refractivity contribution in [1.29, 1.82) is 0 Å². The molecule has 1 aromatic carbocycles. The zero-order valence-corrected chi connectivity index (χ0v) is 12.2. The maximum Gasteiger partial charge on any atom is 0.198 e. The summed E-state index contributed by atoms with van der Waals surface area (Å²) in [6, 6.07) is 6.11. The number of benzene rings is 1. The molecule has 1 N–H and O–H groups in total. The van der Waals surface area contributed by atoms with E-state index in [0.717, 1.165) is 42.4 Å². The van der Waals surface area contributed by atoms with Crippen molar-refractivity contribution < 1.29 is 9.15 Å². The molecule has 1 unspecified atom stereocenters. The normalized spacial score (nSPS) is 19.6. The first-order valence-electron chi connectivity index (χ1n) is 7.44. The van der Waals surface area contributed by atoms with Gasteiger partial charge in [0.05, 0.1) is 6.61 Å². The molecule has 0 aliphatic carbocycles. The highest BCUT2D eigenvalue weighted by Crippen LogP contribution is 2.24. The Labute approximate surface area is 119 Å². The molecule has 0 bridgehead atoms. The fourth-order valence-corrected chi connectivity index (χ4v) is 2.53. The lowest BCUT2D eigenvalue weighted by Crippen LogP contribution is -2.24. The van der Waals surface area contributed by atoms with Crippen LogP contribution in [0.15, 0.2) is 22.6 Å². The molecule has 1 fully saturated rings. The number of anilines is 1. The lowest BCUT2D eigenvalue weighted by Gasteiger charge is -2.22. The van der Waals surface area contributed by atoms with Gasteiger partial charge in [-0.05, 0) is 37.0 Å². The van der Waals surface area contributed by atoms with Crippen LogP contribution >= 0.6 is 0 Å². The summed E-state index contributed by atoms with van der Waals surface area (Å²) in [7, 11) is 0. The first kappa shape index (κ1) is 13.4. The molecule has 0 radical (unpaired) electrons. The Morgan fingerprint density at radius 3 is 3.05 bits per heavy atom. The van der Waals surface area contributed by atoms with Crippen molar-refractivity contribution in [1.82, 2.24) is 4.98 Å². The Morgan fingerprint density at radius 1 is 1.40 bits per heavy atom. The predicted molar refractivity (Wildman–Crippen MR) is 80.1 cm³/mol. The van der Waals surface area contributed by atoms with Crippen molar-refractivity contribution in [2.24, 2.45) is 5.92 Å². The highest BCUT2D eigenvalue weighted by atomic mass is 16.5. The van der Waals surface area contributed by atoms with Crippen molar-refractivity contribution in [3.05, 3.63) is 24.1 Å². The van der Waals surface area contributed by atoms with Crippen LogP contribution < -0.4 is 5.32 Å². The number of nitrogens with one attached hydrogen (secondary N) is 1. The van der Waals surface area contributed by atoms with Gasteiger partial charge in [-0.25, -0.2) is 4.98 Å². The first-order valence-corrected chi connectivity index (χ1v) is 7.44. The van der Waals surface area contributed by atoms with Gasteiger partial charge in [-0.2, -0.15) is 0 Å². The lowest BCUT2D eigenvalue weighted by molar-refractivity contribution is 0.0595. The molecule has 1 saturated heterocycles. The molecule has 2 heterocycles. The van der Waals surface area contributed by atoms with Gasteiger partial charge >= 0.3 is 0 Å². The Morgan fingerprint density at radius 2 is 2.30 bits per heavy atom. The zero-order chi connectivity index (χ0) is 13.9. The molecule has 4 heteroatoms. The number of fused-ring (bicyclic) bond motifs is 1. The molecule has 1 aliphatic heterocycles. The van der Waals surface area contributed by atoms with Gasteiger partial charge in [0.25, 0.3) is 0 Å². The van der Waals surface area contributed by atoms with Crippen molar-refractivity contribution in [3.63, 3.8) is 0 Å². The number of nitrogens with zero attached hydrogens (tertiary/aromatic N) is 1. The van der Waals surface area contributed by atoms with Crippen LogP contribution in [0.4, 0.5) is 5.69 Å². The number of rotatable bonds is 4. The van der Waals surface area contributed by atoms with Crippen LogP contribution in [-0.4, -0.2) is 24.7 Å². The third-order valence-electron chi connectivity index (χ3n) is 3.75. The number of oxazole rings is 1. The molecule has 0 spiro atoms. The van der Waals surface area contributed by atoms with Crippen molar-refractivity contribution in [3.8, 4) is 0 Å². The molecule has 1 aromatic heterocycles. The fourth-order valence-electron chi connectivity index (χ4n) is 2.53. The second-order valence-electron chi connectivity index (χ2n) is 5.85. The molecule has 0 saturated carbocycles. The minimum Gasteiger partial charge on any atom is -0.440 e. The van der Waals surface area contributed by atoms with Gasteiger partial charge in [-0.15, -0.1) is 0 Å². The minimum absolute atomic E-state index is 0.318. The van der Waals surface area contributed by atoms with E-state index in [1.807, 2.05) is 6.07 Å². The Balaban J connectivity index is 1.68. The lowest BCUT2D eigenvalue weighted by atomic mass is 10.0. The van der Waals surface area contributed by atoms with E-state index >= 15 is 0 Å². The summed E-state index contributed by atoms with van der Waals surface area (Å²) < 4.78 is 11.2. The van der Waals surface area contributed by atoms with Gasteiger partial charge in [-0.1, -0.05) is 13.8 Å². The second-order valence-corrected chi connectivity index (χ2v) is 5.85. The maximum atomic E-state index is 5.72. The molecular formula is C16H22N2O2. The van der Waals surface area contributed by atoms with Gasteiger partial charge in [0, 0.05) is 24.8 Å². The summed E-state index contributed by atoms with van der Waals surface area (Å²) in [6.07, 6.45) is 2.42. The fraction of sp³-hybridized carbons (Fsp3) is 0.562. The second kappa shape index (κ2) is 5.83. The van der Waals surface area contributed by atoms with Crippen LogP contribution in [0, 0.1) is 5.92 Å². The van der Waals surface area contributed by atoms with Crippen LogP contribution in [0.3, 0.4) is 0 Å². The number of aromatic nitrogens is 1. The number of ether oxygens (including phenoxy) is 1. The molecule has 1 atom stereocenters. The van der Waals surface area contributed by atoms with Crippen LogP contribution in [0.2, 0.25) is 0 Å². The smallest absolute Gasteiger partial charge is 0.198 e. The predicted octanol–water partition coefficient (Wildman–Crippen LogP) is 3.79. The average molecular weight is 274 g/mol. The third kappa shape index (κ3) is 2.96. The number of hydrogen-bond acceptors (Lipinski definition) is 4. The van der Waals surface area contributed by atoms with E-state index in [1.165, 1.54) is 12.8 Å². The molecule has 108 valence electrons. The van der Waals surface area contributed by atoms with Crippen molar-refractivity contribution in [2.45, 2.75) is 32.6 Å². The van der Waals surface area contributed by atoms with Gasteiger partial charge < -0.3 is 14.5 Å². The van der Waals surface area contributed by atoms with Gasteiger partial charge in [0.15, 0.2) is 11.5 Å². The van der Waals surface area contributed by atoms with E-state index < -0.39 is 0 Å². The van der Waals surface area contributed by atoms with E-state index in [1.54, 1.807) is 0 Å². The van der Waals surface area contributed by atoms with E-state index in [-0.39, 0.29) is 0 Å². The summed E-state index contributed by atoms with van der Waals surface area (Å²) >= 11 is 0.